The zero-order valence-corrected chi connectivity index (χ0v) is 14.5. The quantitative estimate of drug-likeness (QED) is 0.750. The summed E-state index contributed by atoms with van der Waals surface area (Å²) in [6.07, 6.45) is 2.48. The molecule has 0 aliphatic rings. The maximum Gasteiger partial charge on any atom is 0.230 e. The number of nitrogens with zero attached hydrogens (tertiary/aromatic N) is 3. The summed E-state index contributed by atoms with van der Waals surface area (Å²) >= 11 is 1.40. The van der Waals surface area contributed by atoms with E-state index >= 15 is 0 Å². The van der Waals surface area contributed by atoms with E-state index in [1.54, 1.807) is 13.4 Å². The van der Waals surface area contributed by atoms with Crippen LogP contribution >= 0.6 is 11.8 Å². The molecule has 2 rings (SSSR count). The van der Waals surface area contributed by atoms with E-state index in [4.69, 9.17) is 4.74 Å². The Balaban J connectivity index is 1.71. The number of ether oxygens (including phenoxy) is 1. The van der Waals surface area contributed by atoms with E-state index in [-0.39, 0.29) is 11.9 Å². The molecule has 0 saturated heterocycles. The van der Waals surface area contributed by atoms with Crippen molar-refractivity contribution in [2.45, 2.75) is 31.5 Å². The number of thioether (sulfide) groups is 1. The summed E-state index contributed by atoms with van der Waals surface area (Å²) in [5.74, 6) is 1.18. The molecule has 23 heavy (non-hydrogen) atoms. The first kappa shape index (κ1) is 17.3. The van der Waals surface area contributed by atoms with Crippen LogP contribution in [0.2, 0.25) is 0 Å². The minimum Gasteiger partial charge on any atom is -0.497 e. The van der Waals surface area contributed by atoms with Gasteiger partial charge in [0.2, 0.25) is 5.91 Å². The van der Waals surface area contributed by atoms with Crippen LogP contribution in [0.1, 0.15) is 25.5 Å². The molecule has 124 valence electrons. The zero-order chi connectivity index (χ0) is 16.7. The highest BCUT2D eigenvalue weighted by atomic mass is 32.2. The Kier molecular flexibility index (Phi) is 6.46. The third kappa shape index (κ3) is 5.28. The molecule has 2 aromatic rings. The largest absolute Gasteiger partial charge is 0.497 e. The Labute approximate surface area is 140 Å². The van der Waals surface area contributed by atoms with Gasteiger partial charge >= 0.3 is 0 Å². The smallest absolute Gasteiger partial charge is 0.230 e. The molecule has 0 fully saturated rings. The molecule has 7 heteroatoms. The van der Waals surface area contributed by atoms with Crippen molar-refractivity contribution < 1.29 is 9.53 Å². The van der Waals surface area contributed by atoms with Crippen molar-refractivity contribution in [1.29, 1.82) is 0 Å². The normalized spacial score (nSPS) is 10.8. The summed E-state index contributed by atoms with van der Waals surface area (Å²) in [6.45, 7) is 4.73. The van der Waals surface area contributed by atoms with Crippen LogP contribution in [0, 0.1) is 0 Å². The van der Waals surface area contributed by atoms with Gasteiger partial charge in [0.15, 0.2) is 5.16 Å². The second kappa shape index (κ2) is 8.57. The van der Waals surface area contributed by atoms with E-state index in [9.17, 15) is 4.79 Å². The van der Waals surface area contributed by atoms with E-state index in [0.717, 1.165) is 17.3 Å². The number of nitrogens with one attached hydrogen (secondary N) is 1. The molecule has 1 aromatic heterocycles. The van der Waals surface area contributed by atoms with E-state index in [2.05, 4.69) is 29.4 Å². The highest BCUT2D eigenvalue weighted by molar-refractivity contribution is 7.99. The molecular formula is C16H22N4O2S. The minimum absolute atomic E-state index is 0.00168. The highest BCUT2D eigenvalue weighted by Gasteiger charge is 2.10. The Morgan fingerprint density at radius 2 is 2.09 bits per heavy atom. The van der Waals surface area contributed by atoms with E-state index < -0.39 is 0 Å². The van der Waals surface area contributed by atoms with Crippen LogP contribution < -0.4 is 10.1 Å². The molecule has 0 aliphatic carbocycles. The third-order valence-electron chi connectivity index (χ3n) is 3.32. The first-order valence-electron chi connectivity index (χ1n) is 7.52. The van der Waals surface area contributed by atoms with Gasteiger partial charge in [0, 0.05) is 12.6 Å². The monoisotopic (exact) mass is 334 g/mol. The molecule has 0 bridgehead atoms. The predicted molar refractivity (Wildman–Crippen MR) is 90.8 cm³/mol. The summed E-state index contributed by atoms with van der Waals surface area (Å²) in [4.78, 5) is 11.9. The SMILES string of the molecule is COc1ccc(CCNC(=O)CSc2nncn2C(C)C)cc1. The number of hydrogen-bond acceptors (Lipinski definition) is 5. The molecule has 0 spiro atoms. The van der Waals surface area contributed by atoms with Crippen LogP contribution in [0.3, 0.4) is 0 Å². The first-order chi connectivity index (χ1) is 11.1. The van der Waals surface area contributed by atoms with Gasteiger partial charge in [-0.25, -0.2) is 0 Å². The molecule has 0 saturated carbocycles. The van der Waals surface area contributed by atoms with Crippen LogP contribution in [-0.4, -0.2) is 40.1 Å². The van der Waals surface area contributed by atoms with Crippen molar-refractivity contribution in [3.05, 3.63) is 36.2 Å². The minimum atomic E-state index is 0.00168. The number of carbonyl (C=O) groups excluding carboxylic acids is 1. The first-order valence-corrected chi connectivity index (χ1v) is 8.50. The maximum absolute atomic E-state index is 11.9. The molecular weight excluding hydrogens is 312 g/mol. The van der Waals surface area contributed by atoms with Gasteiger partial charge in [-0.2, -0.15) is 0 Å². The zero-order valence-electron chi connectivity index (χ0n) is 13.7. The van der Waals surface area contributed by atoms with Crippen molar-refractivity contribution in [1.82, 2.24) is 20.1 Å². The highest BCUT2D eigenvalue weighted by Crippen LogP contribution is 2.18. The van der Waals surface area contributed by atoms with Crippen molar-refractivity contribution >= 4 is 17.7 Å². The number of rotatable bonds is 8. The fraction of sp³-hybridized carbons (Fsp3) is 0.438. The lowest BCUT2D eigenvalue weighted by Crippen LogP contribution is -2.27. The van der Waals surface area contributed by atoms with Crippen LogP contribution in [0.15, 0.2) is 35.7 Å². The molecule has 0 unspecified atom stereocenters. The van der Waals surface area contributed by atoms with Crippen molar-refractivity contribution in [2.24, 2.45) is 0 Å². The predicted octanol–water partition coefficient (Wildman–Crippen LogP) is 2.32. The summed E-state index contributed by atoms with van der Waals surface area (Å²) in [5.41, 5.74) is 1.17. The number of hydrogen-bond donors (Lipinski definition) is 1. The van der Waals surface area contributed by atoms with Crippen molar-refractivity contribution in [3.8, 4) is 5.75 Å². The lowest BCUT2D eigenvalue weighted by molar-refractivity contribution is -0.118. The van der Waals surface area contributed by atoms with E-state index in [1.807, 2.05) is 28.8 Å². The van der Waals surface area contributed by atoms with Gasteiger partial charge < -0.3 is 14.6 Å². The van der Waals surface area contributed by atoms with Crippen LogP contribution in [0.25, 0.3) is 0 Å². The maximum atomic E-state index is 11.9. The number of benzene rings is 1. The second-order valence-corrected chi connectivity index (χ2v) is 6.29. The third-order valence-corrected chi connectivity index (χ3v) is 4.28. The summed E-state index contributed by atoms with van der Waals surface area (Å²) in [6, 6.07) is 8.14. The Morgan fingerprint density at radius 1 is 1.35 bits per heavy atom. The fourth-order valence-corrected chi connectivity index (χ4v) is 2.88. The molecule has 0 atom stereocenters. The van der Waals surface area contributed by atoms with Crippen LogP contribution in [0.4, 0.5) is 0 Å². The molecule has 1 N–H and O–H groups in total. The van der Waals surface area contributed by atoms with Gasteiger partial charge in [0.1, 0.15) is 12.1 Å². The van der Waals surface area contributed by atoms with Crippen molar-refractivity contribution in [2.75, 3.05) is 19.4 Å². The van der Waals surface area contributed by atoms with Crippen molar-refractivity contribution in [3.63, 3.8) is 0 Å². The van der Waals surface area contributed by atoms with Crippen LogP contribution in [0.5, 0.6) is 5.75 Å². The molecule has 1 aromatic carbocycles. The topological polar surface area (TPSA) is 69.0 Å². The van der Waals surface area contributed by atoms with Gasteiger partial charge in [-0.3, -0.25) is 4.79 Å². The van der Waals surface area contributed by atoms with Gasteiger partial charge in [-0.1, -0.05) is 23.9 Å². The molecule has 1 heterocycles. The Hall–Kier alpha value is -2.02. The fourth-order valence-electron chi connectivity index (χ4n) is 2.01. The molecule has 0 aliphatic heterocycles. The van der Waals surface area contributed by atoms with E-state index in [0.29, 0.717) is 12.3 Å². The van der Waals surface area contributed by atoms with Gasteiger partial charge in [0.25, 0.3) is 0 Å². The van der Waals surface area contributed by atoms with Gasteiger partial charge in [-0.15, -0.1) is 10.2 Å². The number of carbonyl (C=O) groups is 1. The Bertz CT molecular complexity index is 625. The number of aromatic nitrogens is 3. The van der Waals surface area contributed by atoms with Gasteiger partial charge in [0.05, 0.1) is 12.9 Å². The van der Waals surface area contributed by atoms with Crippen LogP contribution in [-0.2, 0) is 11.2 Å². The number of methoxy groups -OCH3 is 1. The molecule has 0 radical (unpaired) electrons. The number of amides is 1. The molecule has 6 nitrogen and oxygen atoms in total. The second-order valence-electron chi connectivity index (χ2n) is 5.35. The lowest BCUT2D eigenvalue weighted by atomic mass is 10.1. The van der Waals surface area contributed by atoms with Gasteiger partial charge in [-0.05, 0) is 38.0 Å². The Morgan fingerprint density at radius 3 is 2.74 bits per heavy atom. The molecule has 1 amide bonds. The average Bonchev–Trinajstić information content (AvgIpc) is 3.02. The standard InChI is InChI=1S/C16H22N4O2S/c1-12(2)20-11-18-19-16(20)23-10-15(21)17-9-8-13-4-6-14(22-3)7-5-13/h4-7,11-12H,8-10H2,1-3H3,(H,17,21). The summed E-state index contributed by atoms with van der Waals surface area (Å²) in [5, 5.41) is 11.6. The average molecular weight is 334 g/mol. The summed E-state index contributed by atoms with van der Waals surface area (Å²) < 4.78 is 7.07. The summed E-state index contributed by atoms with van der Waals surface area (Å²) in [7, 11) is 1.65. The van der Waals surface area contributed by atoms with E-state index in [1.165, 1.54) is 17.3 Å². The lowest BCUT2D eigenvalue weighted by Gasteiger charge is -2.09.